The van der Waals surface area contributed by atoms with Gasteiger partial charge in [-0.15, -0.1) is 11.3 Å². The van der Waals surface area contributed by atoms with Crippen LogP contribution in [0.3, 0.4) is 0 Å². The number of hydrogen-bond donors (Lipinski definition) is 0. The van der Waals surface area contributed by atoms with Crippen molar-refractivity contribution in [2.75, 3.05) is 0 Å². The van der Waals surface area contributed by atoms with Crippen LogP contribution in [0.25, 0.3) is 141 Å². The highest BCUT2D eigenvalue weighted by molar-refractivity contribution is 7.26. The fourth-order valence-corrected chi connectivity index (χ4v) is 12.8. The first kappa shape index (κ1) is 38.2. The van der Waals surface area contributed by atoms with Gasteiger partial charge in [-0.2, -0.15) is 0 Å². The number of hydrogen-bond acceptors (Lipinski definition) is 1. The quantitative estimate of drug-likeness (QED) is 0.151. The van der Waals surface area contributed by atoms with Crippen LogP contribution in [0.15, 0.2) is 218 Å². The Balaban J connectivity index is 1.09. The zero-order valence-corrected chi connectivity index (χ0v) is 38.0. The van der Waals surface area contributed by atoms with Crippen LogP contribution in [0.4, 0.5) is 0 Å². The van der Waals surface area contributed by atoms with Crippen molar-refractivity contribution < 1.29 is 0 Å². The van der Waals surface area contributed by atoms with E-state index in [0.29, 0.717) is 0 Å². The maximum Gasteiger partial charge on any atom is 0.0434 e. The summed E-state index contributed by atoms with van der Waals surface area (Å²) in [7, 11) is 0. The normalized spacial score (nSPS) is 12.0. The largest absolute Gasteiger partial charge is 0.135 e. The molecule has 0 bridgehead atoms. The van der Waals surface area contributed by atoms with Crippen molar-refractivity contribution in [2.24, 2.45) is 0 Å². The fraction of sp³-hybridized carbons (Fsp3) is 0.0303. The third-order valence-electron chi connectivity index (χ3n) is 14.5. The molecule has 0 amide bonds. The molecule has 0 saturated carbocycles. The second-order valence-electron chi connectivity index (χ2n) is 18.4. The molecule has 0 nitrogen and oxygen atoms in total. The summed E-state index contributed by atoms with van der Waals surface area (Å²) in [5.41, 5.74) is 20.5. The van der Waals surface area contributed by atoms with E-state index in [1.54, 1.807) is 0 Å². The Kier molecular flexibility index (Phi) is 8.38. The molecule has 0 fully saturated rings. The van der Waals surface area contributed by atoms with E-state index in [9.17, 15) is 0 Å². The van der Waals surface area contributed by atoms with Gasteiger partial charge in [-0.05, 0) is 147 Å². The van der Waals surface area contributed by atoms with Crippen LogP contribution in [0.1, 0.15) is 11.1 Å². The summed E-state index contributed by atoms with van der Waals surface area (Å²) in [5.74, 6) is 0. The van der Waals surface area contributed by atoms with Gasteiger partial charge in [0.2, 0.25) is 0 Å². The highest BCUT2D eigenvalue weighted by atomic mass is 32.1. The van der Waals surface area contributed by atoms with E-state index < -0.39 is 0 Å². The molecule has 0 aliphatic heterocycles. The maximum absolute atomic E-state index is 2.52. The number of thiophene rings is 1. The lowest BCUT2D eigenvalue weighted by Crippen LogP contribution is -1.93. The number of aryl methyl sites for hydroxylation is 2. The molecule has 1 aromatic heterocycles. The molecule has 1 heterocycles. The van der Waals surface area contributed by atoms with E-state index in [-0.39, 0.29) is 0 Å². The van der Waals surface area contributed by atoms with E-state index in [1.807, 2.05) is 11.3 Å². The highest BCUT2D eigenvalue weighted by Gasteiger charge is 2.32. The zero-order valence-electron chi connectivity index (χ0n) is 37.2. The van der Waals surface area contributed by atoms with Crippen LogP contribution in [0.2, 0.25) is 0 Å². The predicted octanol–water partition coefficient (Wildman–Crippen LogP) is 19.3. The van der Waals surface area contributed by atoms with Crippen LogP contribution in [0.5, 0.6) is 0 Å². The van der Waals surface area contributed by atoms with Crippen molar-refractivity contribution in [3.05, 3.63) is 230 Å². The standard InChI is InChI=1S/C66H42S/c1-39-27-31-42(32-28-39)61-52-22-10-11-23-53(52)62(43-33-29-40(2)30-34-43)65-55-36-35-45(47-24-14-25-54(63(47)55)64(61)65)56-37-44(38-57-46-17-12-13-26-58(46)67-66(56)57)60-50-20-8-6-18-48(50)59(41-15-4-3-5-16-41)49-19-7-9-21-51(49)60/h3-38H,1-2H3. The minimum Gasteiger partial charge on any atom is -0.135 e. The lowest BCUT2D eigenvalue weighted by atomic mass is 9.82. The molecule has 0 atom stereocenters. The Labute approximate surface area is 393 Å². The van der Waals surface area contributed by atoms with Gasteiger partial charge in [-0.25, -0.2) is 0 Å². The second-order valence-corrected chi connectivity index (χ2v) is 19.4. The molecule has 312 valence electrons. The van der Waals surface area contributed by atoms with Gasteiger partial charge in [0.1, 0.15) is 0 Å². The summed E-state index contributed by atoms with van der Waals surface area (Å²) >= 11 is 1.92. The molecule has 67 heavy (non-hydrogen) atoms. The van der Waals surface area contributed by atoms with Crippen LogP contribution < -0.4 is 0 Å². The van der Waals surface area contributed by atoms with Crippen molar-refractivity contribution in [3.8, 4) is 77.9 Å². The first-order valence-corrected chi connectivity index (χ1v) is 24.1. The molecule has 0 spiro atoms. The number of benzene rings is 12. The highest BCUT2D eigenvalue weighted by Crippen LogP contribution is 2.59. The van der Waals surface area contributed by atoms with Crippen LogP contribution in [0, 0.1) is 13.8 Å². The average molecular weight is 867 g/mol. The van der Waals surface area contributed by atoms with E-state index >= 15 is 0 Å². The van der Waals surface area contributed by atoms with Crippen molar-refractivity contribution in [2.45, 2.75) is 13.8 Å². The SMILES string of the molecule is Cc1ccc(-c2c3c(c(-c4ccc(C)cc4)c4ccccc24)-c2ccc(-c4cc(-c5c6ccccc6c(-c6ccccc6)c6ccccc56)cc5c4sc4ccccc45)c4cccc-3c24)cc1. The van der Waals surface area contributed by atoms with Gasteiger partial charge < -0.3 is 0 Å². The average Bonchev–Trinajstić information content (AvgIpc) is 3.92. The molecular weight excluding hydrogens is 825 g/mol. The topological polar surface area (TPSA) is 0 Å². The monoisotopic (exact) mass is 866 g/mol. The van der Waals surface area contributed by atoms with Gasteiger partial charge in [0.25, 0.3) is 0 Å². The molecule has 0 saturated heterocycles. The van der Waals surface area contributed by atoms with Crippen molar-refractivity contribution in [1.29, 1.82) is 0 Å². The number of rotatable bonds is 5. The van der Waals surface area contributed by atoms with Gasteiger partial charge in [0.05, 0.1) is 0 Å². The van der Waals surface area contributed by atoms with E-state index in [4.69, 9.17) is 0 Å². The Bertz CT molecular complexity index is 4030. The summed E-state index contributed by atoms with van der Waals surface area (Å²) in [6.07, 6.45) is 0. The predicted molar refractivity (Wildman–Crippen MR) is 290 cm³/mol. The first-order chi connectivity index (χ1) is 33.1. The molecule has 1 aliphatic carbocycles. The summed E-state index contributed by atoms with van der Waals surface area (Å²) in [6, 6.07) is 82.3. The minimum absolute atomic E-state index is 1.24. The molecule has 12 aromatic carbocycles. The maximum atomic E-state index is 2.52. The third kappa shape index (κ3) is 5.65. The van der Waals surface area contributed by atoms with Crippen molar-refractivity contribution >= 4 is 74.6 Å². The van der Waals surface area contributed by atoms with Gasteiger partial charge in [0, 0.05) is 25.7 Å². The van der Waals surface area contributed by atoms with Gasteiger partial charge in [-0.1, -0.05) is 211 Å². The third-order valence-corrected chi connectivity index (χ3v) is 15.7. The Morgan fingerprint density at radius 1 is 0.254 bits per heavy atom. The Hall–Kier alpha value is -8.10. The van der Waals surface area contributed by atoms with E-state index in [2.05, 4.69) is 232 Å². The molecule has 0 N–H and O–H groups in total. The summed E-state index contributed by atoms with van der Waals surface area (Å²) < 4.78 is 2.63. The van der Waals surface area contributed by atoms with Crippen LogP contribution >= 0.6 is 11.3 Å². The molecule has 14 rings (SSSR count). The van der Waals surface area contributed by atoms with Crippen molar-refractivity contribution in [1.82, 2.24) is 0 Å². The van der Waals surface area contributed by atoms with Crippen LogP contribution in [-0.4, -0.2) is 0 Å². The summed E-state index contributed by atoms with van der Waals surface area (Å²) in [5, 5.41) is 12.8. The molecule has 13 aromatic rings. The van der Waals surface area contributed by atoms with Gasteiger partial charge in [-0.3, -0.25) is 0 Å². The zero-order chi connectivity index (χ0) is 44.3. The van der Waals surface area contributed by atoms with E-state index in [1.165, 1.54) is 152 Å². The molecule has 1 aliphatic rings. The number of fused-ring (bicyclic) bond motifs is 9. The molecule has 0 unspecified atom stereocenters. The van der Waals surface area contributed by atoms with Crippen LogP contribution in [-0.2, 0) is 0 Å². The Morgan fingerprint density at radius 2 is 0.687 bits per heavy atom. The first-order valence-electron chi connectivity index (χ1n) is 23.3. The fourth-order valence-electron chi connectivity index (χ4n) is 11.6. The Morgan fingerprint density at radius 3 is 1.25 bits per heavy atom. The van der Waals surface area contributed by atoms with Gasteiger partial charge in [0.15, 0.2) is 0 Å². The van der Waals surface area contributed by atoms with Gasteiger partial charge >= 0.3 is 0 Å². The molecule has 1 heteroatoms. The smallest absolute Gasteiger partial charge is 0.0434 e. The summed E-state index contributed by atoms with van der Waals surface area (Å²) in [4.78, 5) is 0. The summed E-state index contributed by atoms with van der Waals surface area (Å²) in [6.45, 7) is 4.36. The van der Waals surface area contributed by atoms with E-state index in [0.717, 1.165) is 0 Å². The minimum atomic E-state index is 1.24. The molecule has 0 radical (unpaired) electrons. The lowest BCUT2D eigenvalue weighted by molar-refractivity contribution is 1.47. The van der Waals surface area contributed by atoms with Crippen molar-refractivity contribution in [3.63, 3.8) is 0 Å². The second kappa shape index (κ2) is 14.7. The molecular formula is C66H42S. The lowest BCUT2D eigenvalue weighted by Gasteiger charge is -2.20.